The number of carbonyl (C=O) groups excluding carboxylic acids is 1. The molecule has 1 amide bonds. The van der Waals surface area contributed by atoms with E-state index in [1.165, 1.54) is 0 Å². The Hall–Kier alpha value is -1.36. The molecule has 4 N–H and O–H groups in total. The number of hydrogen-bond donors (Lipinski definition) is 2. The van der Waals surface area contributed by atoms with E-state index in [0.717, 1.165) is 5.56 Å². The van der Waals surface area contributed by atoms with Gasteiger partial charge in [0.25, 0.3) is 0 Å². The van der Waals surface area contributed by atoms with Gasteiger partial charge in [-0.2, -0.15) is 5.10 Å². The summed E-state index contributed by atoms with van der Waals surface area (Å²) >= 11 is 0. The van der Waals surface area contributed by atoms with Crippen LogP contribution in [0, 0.1) is 0 Å². The molecule has 1 atom stereocenters. The largest absolute Gasteiger partial charge is 0.370 e. The molecule has 1 heterocycles. The van der Waals surface area contributed by atoms with Crippen LogP contribution in [-0.2, 0) is 4.79 Å². The molecule has 0 saturated carbocycles. The van der Waals surface area contributed by atoms with Gasteiger partial charge in [-0.05, 0) is 13.8 Å². The average molecular weight is 196 g/mol. The minimum atomic E-state index is -0.394. The Morgan fingerprint density at radius 3 is 2.71 bits per heavy atom. The summed E-state index contributed by atoms with van der Waals surface area (Å²) in [6.07, 6.45) is 3.68. The standard InChI is InChI=1S/C9H16N4O/c1-6(2)13-5-7(4-12-13)8(10)3-9(11)14/h4-6,8H,3,10H2,1-2H3,(H2,11,14). The lowest BCUT2D eigenvalue weighted by atomic mass is 10.1. The summed E-state index contributed by atoms with van der Waals surface area (Å²) in [5.41, 5.74) is 11.7. The SMILES string of the molecule is CC(C)n1cc(C(N)CC(N)=O)cn1. The van der Waals surface area contributed by atoms with Crippen molar-refractivity contribution in [2.45, 2.75) is 32.4 Å². The van der Waals surface area contributed by atoms with E-state index < -0.39 is 5.91 Å². The highest BCUT2D eigenvalue weighted by Gasteiger charge is 2.11. The van der Waals surface area contributed by atoms with E-state index in [1.807, 2.05) is 20.0 Å². The van der Waals surface area contributed by atoms with Gasteiger partial charge < -0.3 is 11.5 Å². The highest BCUT2D eigenvalue weighted by Crippen LogP contribution is 2.14. The van der Waals surface area contributed by atoms with Crippen molar-refractivity contribution in [2.75, 3.05) is 0 Å². The van der Waals surface area contributed by atoms with Crippen LogP contribution in [0.2, 0.25) is 0 Å². The van der Waals surface area contributed by atoms with Crippen LogP contribution in [0.4, 0.5) is 0 Å². The van der Waals surface area contributed by atoms with Crippen molar-refractivity contribution in [1.29, 1.82) is 0 Å². The number of nitrogens with two attached hydrogens (primary N) is 2. The first-order valence-electron chi connectivity index (χ1n) is 4.58. The second kappa shape index (κ2) is 4.23. The van der Waals surface area contributed by atoms with E-state index in [-0.39, 0.29) is 12.5 Å². The second-order valence-electron chi connectivity index (χ2n) is 3.62. The predicted molar refractivity (Wildman–Crippen MR) is 53.4 cm³/mol. The quantitative estimate of drug-likeness (QED) is 0.728. The molecule has 0 radical (unpaired) electrons. The summed E-state index contributed by atoms with van der Waals surface area (Å²) in [4.78, 5) is 10.6. The predicted octanol–water partition coefficient (Wildman–Crippen LogP) is 0.339. The third-order valence-electron chi connectivity index (χ3n) is 2.00. The topological polar surface area (TPSA) is 86.9 Å². The van der Waals surface area contributed by atoms with Crippen molar-refractivity contribution in [2.24, 2.45) is 11.5 Å². The van der Waals surface area contributed by atoms with Gasteiger partial charge in [0.2, 0.25) is 5.91 Å². The third-order valence-corrected chi connectivity index (χ3v) is 2.00. The average Bonchev–Trinajstić information content (AvgIpc) is 2.50. The number of primary amides is 1. The van der Waals surface area contributed by atoms with Crippen molar-refractivity contribution in [3.8, 4) is 0 Å². The normalized spacial score (nSPS) is 13.1. The Morgan fingerprint density at radius 2 is 2.29 bits per heavy atom. The van der Waals surface area contributed by atoms with Gasteiger partial charge in [-0.15, -0.1) is 0 Å². The Morgan fingerprint density at radius 1 is 1.64 bits per heavy atom. The van der Waals surface area contributed by atoms with Crippen LogP contribution in [0.15, 0.2) is 12.4 Å². The fourth-order valence-corrected chi connectivity index (χ4v) is 1.16. The molecule has 0 aromatic carbocycles. The van der Waals surface area contributed by atoms with E-state index >= 15 is 0 Å². The van der Waals surface area contributed by atoms with E-state index in [2.05, 4.69) is 5.10 Å². The zero-order valence-electron chi connectivity index (χ0n) is 8.47. The Kier molecular flexibility index (Phi) is 3.24. The van der Waals surface area contributed by atoms with Crippen LogP contribution < -0.4 is 11.5 Å². The molecule has 1 unspecified atom stereocenters. The number of carbonyl (C=O) groups is 1. The van der Waals surface area contributed by atoms with Crippen molar-refractivity contribution >= 4 is 5.91 Å². The molecule has 14 heavy (non-hydrogen) atoms. The van der Waals surface area contributed by atoms with Crippen molar-refractivity contribution < 1.29 is 4.79 Å². The van der Waals surface area contributed by atoms with Crippen molar-refractivity contribution in [3.05, 3.63) is 18.0 Å². The summed E-state index contributed by atoms with van der Waals surface area (Å²) in [5, 5.41) is 4.13. The number of rotatable bonds is 4. The van der Waals surface area contributed by atoms with Gasteiger partial charge in [-0.1, -0.05) is 0 Å². The van der Waals surface area contributed by atoms with Crippen molar-refractivity contribution in [1.82, 2.24) is 9.78 Å². The third kappa shape index (κ3) is 2.56. The minimum absolute atomic E-state index is 0.157. The number of hydrogen-bond acceptors (Lipinski definition) is 3. The molecular formula is C9H16N4O. The molecule has 1 aromatic rings. The highest BCUT2D eigenvalue weighted by molar-refractivity contribution is 5.74. The Bertz CT molecular complexity index is 318. The van der Waals surface area contributed by atoms with Gasteiger partial charge in [0.05, 0.1) is 6.20 Å². The van der Waals surface area contributed by atoms with Crippen molar-refractivity contribution in [3.63, 3.8) is 0 Å². The first-order chi connectivity index (χ1) is 6.50. The van der Waals surface area contributed by atoms with Crippen LogP contribution in [0.1, 0.15) is 37.9 Å². The molecule has 0 aliphatic carbocycles. The summed E-state index contributed by atoms with van der Waals surface area (Å²) in [7, 11) is 0. The van der Waals surface area contributed by atoms with Crippen LogP contribution >= 0.6 is 0 Å². The zero-order chi connectivity index (χ0) is 10.7. The number of amides is 1. The second-order valence-corrected chi connectivity index (χ2v) is 3.62. The van der Waals surface area contributed by atoms with Gasteiger partial charge in [-0.3, -0.25) is 9.48 Å². The first-order valence-corrected chi connectivity index (χ1v) is 4.58. The molecule has 0 aliphatic rings. The lowest BCUT2D eigenvalue weighted by Crippen LogP contribution is -2.20. The molecule has 1 aromatic heterocycles. The monoisotopic (exact) mass is 196 g/mol. The van der Waals surface area contributed by atoms with E-state index in [1.54, 1.807) is 10.9 Å². The molecule has 0 fully saturated rings. The molecule has 0 saturated heterocycles. The minimum Gasteiger partial charge on any atom is -0.370 e. The number of aromatic nitrogens is 2. The Labute approximate surface area is 83.1 Å². The smallest absolute Gasteiger partial charge is 0.219 e. The summed E-state index contributed by atoms with van der Waals surface area (Å²) in [6, 6.07) is -0.0514. The van der Waals surface area contributed by atoms with Crippen LogP contribution in [0.3, 0.4) is 0 Å². The molecule has 78 valence electrons. The zero-order valence-corrected chi connectivity index (χ0v) is 8.47. The lowest BCUT2D eigenvalue weighted by molar-refractivity contribution is -0.118. The molecule has 0 aliphatic heterocycles. The van der Waals surface area contributed by atoms with Gasteiger partial charge in [0.1, 0.15) is 0 Å². The molecule has 0 spiro atoms. The fraction of sp³-hybridized carbons (Fsp3) is 0.556. The molecule has 1 rings (SSSR count). The maximum Gasteiger partial charge on any atom is 0.219 e. The maximum atomic E-state index is 10.6. The van der Waals surface area contributed by atoms with Crippen LogP contribution in [-0.4, -0.2) is 15.7 Å². The molecule has 0 bridgehead atoms. The lowest BCUT2D eigenvalue weighted by Gasteiger charge is -2.06. The van der Waals surface area contributed by atoms with Crippen LogP contribution in [0.5, 0.6) is 0 Å². The number of nitrogens with zero attached hydrogens (tertiary/aromatic N) is 2. The Balaban J connectivity index is 2.71. The van der Waals surface area contributed by atoms with Gasteiger partial charge in [-0.25, -0.2) is 0 Å². The van der Waals surface area contributed by atoms with Crippen LogP contribution in [0.25, 0.3) is 0 Å². The summed E-state index contributed by atoms with van der Waals surface area (Å²) in [6.45, 7) is 4.05. The summed E-state index contributed by atoms with van der Waals surface area (Å²) in [5.74, 6) is -0.394. The van der Waals surface area contributed by atoms with E-state index in [0.29, 0.717) is 6.04 Å². The van der Waals surface area contributed by atoms with E-state index in [9.17, 15) is 4.79 Å². The fourth-order valence-electron chi connectivity index (χ4n) is 1.16. The van der Waals surface area contributed by atoms with Gasteiger partial charge in [0.15, 0.2) is 0 Å². The van der Waals surface area contributed by atoms with E-state index in [4.69, 9.17) is 11.5 Å². The van der Waals surface area contributed by atoms with Gasteiger partial charge >= 0.3 is 0 Å². The van der Waals surface area contributed by atoms with Gasteiger partial charge in [0, 0.05) is 30.3 Å². The molecule has 5 heteroatoms. The maximum absolute atomic E-state index is 10.6. The summed E-state index contributed by atoms with van der Waals surface area (Å²) < 4.78 is 1.80. The molecule has 5 nitrogen and oxygen atoms in total. The molecular weight excluding hydrogens is 180 g/mol. The highest BCUT2D eigenvalue weighted by atomic mass is 16.1. The first kappa shape index (κ1) is 10.7.